The first-order valence-electron chi connectivity index (χ1n) is 8.49. The number of carbonyl (C=O) groups is 1. The molecule has 0 aliphatic carbocycles. The standard InChI is InChI=1S/C19H21BrN2O3S/c1-14-3-2-4-15(13-14)19(23)21-17-9-11-22(12-10-17)26(24,25)18-7-5-16(20)6-8-18/h2-8,13,17H,9-12H2,1H3,(H,21,23). The van der Waals surface area contributed by atoms with Crippen molar-refractivity contribution in [2.75, 3.05) is 13.1 Å². The van der Waals surface area contributed by atoms with E-state index in [4.69, 9.17) is 0 Å². The third-order valence-corrected chi connectivity index (χ3v) is 6.96. The minimum absolute atomic E-state index is 0.0145. The first kappa shape index (κ1) is 19.1. The Balaban J connectivity index is 1.60. The number of nitrogens with zero attached hydrogens (tertiary/aromatic N) is 1. The van der Waals surface area contributed by atoms with E-state index in [9.17, 15) is 13.2 Å². The van der Waals surface area contributed by atoms with Gasteiger partial charge in [0.25, 0.3) is 5.91 Å². The molecule has 1 aliphatic heterocycles. The number of benzene rings is 2. The van der Waals surface area contributed by atoms with Crippen LogP contribution >= 0.6 is 15.9 Å². The lowest BCUT2D eigenvalue weighted by atomic mass is 10.1. The molecule has 3 rings (SSSR count). The molecule has 0 radical (unpaired) electrons. The number of aryl methyl sites for hydroxylation is 1. The maximum Gasteiger partial charge on any atom is 0.251 e. The van der Waals surface area contributed by atoms with E-state index in [1.54, 1.807) is 30.3 Å². The molecular formula is C19H21BrN2O3S. The predicted octanol–water partition coefficient (Wildman–Crippen LogP) is 3.34. The molecule has 0 atom stereocenters. The molecule has 1 amide bonds. The smallest absolute Gasteiger partial charge is 0.251 e. The van der Waals surface area contributed by atoms with Crippen molar-refractivity contribution in [2.24, 2.45) is 0 Å². The van der Waals surface area contributed by atoms with Gasteiger partial charge in [-0.2, -0.15) is 4.31 Å². The molecule has 1 N–H and O–H groups in total. The van der Waals surface area contributed by atoms with Gasteiger partial charge in [0.05, 0.1) is 4.90 Å². The summed E-state index contributed by atoms with van der Waals surface area (Å²) in [5, 5.41) is 3.01. The molecule has 0 saturated carbocycles. The van der Waals surface area contributed by atoms with E-state index in [1.807, 2.05) is 25.1 Å². The van der Waals surface area contributed by atoms with Gasteiger partial charge in [-0.1, -0.05) is 33.6 Å². The average molecular weight is 437 g/mol. The van der Waals surface area contributed by atoms with Crippen LogP contribution in [0.3, 0.4) is 0 Å². The first-order valence-corrected chi connectivity index (χ1v) is 10.7. The van der Waals surface area contributed by atoms with E-state index >= 15 is 0 Å². The number of rotatable bonds is 4. The summed E-state index contributed by atoms with van der Waals surface area (Å²) < 4.78 is 27.8. The first-order chi connectivity index (χ1) is 12.4. The van der Waals surface area contributed by atoms with Gasteiger partial charge < -0.3 is 5.32 Å². The Kier molecular flexibility index (Phi) is 5.79. The van der Waals surface area contributed by atoms with E-state index in [-0.39, 0.29) is 11.9 Å². The summed E-state index contributed by atoms with van der Waals surface area (Å²) >= 11 is 3.31. The van der Waals surface area contributed by atoms with Gasteiger partial charge in [-0.05, 0) is 56.2 Å². The van der Waals surface area contributed by atoms with Crippen LogP contribution in [0.15, 0.2) is 57.9 Å². The molecule has 0 unspecified atom stereocenters. The van der Waals surface area contributed by atoms with E-state index in [0.717, 1.165) is 10.0 Å². The van der Waals surface area contributed by atoms with Crippen LogP contribution in [0.2, 0.25) is 0 Å². The highest BCUT2D eigenvalue weighted by Crippen LogP contribution is 2.22. The lowest BCUT2D eigenvalue weighted by Crippen LogP contribution is -2.46. The molecule has 138 valence electrons. The zero-order chi connectivity index (χ0) is 18.7. The fraction of sp³-hybridized carbons (Fsp3) is 0.316. The Bertz CT molecular complexity index is 889. The normalized spacial score (nSPS) is 16.4. The second-order valence-electron chi connectivity index (χ2n) is 6.48. The number of carbonyl (C=O) groups excluding carboxylic acids is 1. The lowest BCUT2D eigenvalue weighted by Gasteiger charge is -2.31. The number of nitrogens with one attached hydrogen (secondary N) is 1. The van der Waals surface area contributed by atoms with Crippen molar-refractivity contribution in [3.8, 4) is 0 Å². The van der Waals surface area contributed by atoms with Crippen molar-refractivity contribution in [2.45, 2.75) is 30.7 Å². The van der Waals surface area contributed by atoms with Gasteiger partial charge in [0.15, 0.2) is 0 Å². The zero-order valence-electron chi connectivity index (χ0n) is 14.5. The molecular weight excluding hydrogens is 416 g/mol. The average Bonchev–Trinajstić information content (AvgIpc) is 2.62. The molecule has 2 aromatic rings. The summed E-state index contributed by atoms with van der Waals surface area (Å²) in [5.41, 5.74) is 1.67. The van der Waals surface area contributed by atoms with Crippen LogP contribution in [0.25, 0.3) is 0 Å². The van der Waals surface area contributed by atoms with Gasteiger partial charge in [0, 0.05) is 29.2 Å². The SMILES string of the molecule is Cc1cccc(C(=O)NC2CCN(S(=O)(=O)c3ccc(Br)cc3)CC2)c1. The summed E-state index contributed by atoms with van der Waals surface area (Å²) in [4.78, 5) is 12.6. The molecule has 26 heavy (non-hydrogen) atoms. The van der Waals surface area contributed by atoms with Crippen LogP contribution in [0.5, 0.6) is 0 Å². The largest absolute Gasteiger partial charge is 0.349 e. The number of amides is 1. The minimum Gasteiger partial charge on any atom is -0.349 e. The second-order valence-corrected chi connectivity index (χ2v) is 9.33. The maximum atomic E-state index is 12.7. The second kappa shape index (κ2) is 7.90. The molecule has 0 aromatic heterocycles. The molecule has 1 aliphatic rings. The van der Waals surface area contributed by atoms with Gasteiger partial charge in [0.2, 0.25) is 10.0 Å². The summed E-state index contributed by atoms with van der Waals surface area (Å²) in [6, 6.07) is 14.1. The van der Waals surface area contributed by atoms with Crippen molar-refractivity contribution < 1.29 is 13.2 Å². The molecule has 2 aromatic carbocycles. The van der Waals surface area contributed by atoms with Gasteiger partial charge >= 0.3 is 0 Å². The number of piperidine rings is 1. The molecule has 5 nitrogen and oxygen atoms in total. The van der Waals surface area contributed by atoms with Crippen molar-refractivity contribution in [1.29, 1.82) is 0 Å². The predicted molar refractivity (Wildman–Crippen MR) is 105 cm³/mol. The Morgan fingerprint density at radius 2 is 1.77 bits per heavy atom. The highest BCUT2D eigenvalue weighted by atomic mass is 79.9. The van der Waals surface area contributed by atoms with Crippen molar-refractivity contribution in [1.82, 2.24) is 9.62 Å². The number of halogens is 1. The molecule has 1 heterocycles. The summed E-state index contributed by atoms with van der Waals surface area (Å²) in [6.45, 7) is 2.75. The van der Waals surface area contributed by atoms with Crippen LogP contribution in [0, 0.1) is 6.92 Å². The third-order valence-electron chi connectivity index (χ3n) is 4.52. The Morgan fingerprint density at radius 3 is 2.38 bits per heavy atom. The third kappa shape index (κ3) is 4.34. The number of hydrogen-bond acceptors (Lipinski definition) is 3. The minimum atomic E-state index is -3.49. The Morgan fingerprint density at radius 1 is 1.12 bits per heavy atom. The van der Waals surface area contributed by atoms with E-state index in [0.29, 0.717) is 36.4 Å². The lowest BCUT2D eigenvalue weighted by molar-refractivity contribution is 0.0923. The van der Waals surface area contributed by atoms with Gasteiger partial charge in [-0.25, -0.2) is 8.42 Å². The Hall–Kier alpha value is -1.70. The number of sulfonamides is 1. The quantitative estimate of drug-likeness (QED) is 0.798. The topological polar surface area (TPSA) is 66.5 Å². The van der Waals surface area contributed by atoms with Crippen LogP contribution in [0.1, 0.15) is 28.8 Å². The molecule has 0 bridgehead atoms. The van der Waals surface area contributed by atoms with Crippen LogP contribution in [0.4, 0.5) is 0 Å². The van der Waals surface area contributed by atoms with E-state index < -0.39 is 10.0 Å². The van der Waals surface area contributed by atoms with Gasteiger partial charge in [-0.15, -0.1) is 0 Å². The van der Waals surface area contributed by atoms with Gasteiger partial charge in [0.1, 0.15) is 0 Å². The highest BCUT2D eigenvalue weighted by Gasteiger charge is 2.30. The van der Waals surface area contributed by atoms with Crippen molar-refractivity contribution in [3.63, 3.8) is 0 Å². The summed E-state index contributed by atoms with van der Waals surface area (Å²) in [6.07, 6.45) is 1.21. The fourth-order valence-corrected chi connectivity index (χ4v) is 4.79. The molecule has 1 fully saturated rings. The molecule has 1 saturated heterocycles. The van der Waals surface area contributed by atoms with Crippen molar-refractivity contribution in [3.05, 3.63) is 64.1 Å². The monoisotopic (exact) mass is 436 g/mol. The van der Waals surface area contributed by atoms with Crippen molar-refractivity contribution >= 4 is 31.9 Å². The molecule has 0 spiro atoms. The maximum absolute atomic E-state index is 12.7. The summed E-state index contributed by atoms with van der Waals surface area (Å²) in [7, 11) is -3.49. The molecule has 7 heteroatoms. The van der Waals surface area contributed by atoms with Crippen LogP contribution in [-0.2, 0) is 10.0 Å². The highest BCUT2D eigenvalue weighted by molar-refractivity contribution is 9.10. The van der Waals surface area contributed by atoms with Crippen LogP contribution in [-0.4, -0.2) is 37.8 Å². The summed E-state index contributed by atoms with van der Waals surface area (Å²) in [5.74, 6) is -0.108. The van der Waals surface area contributed by atoms with E-state index in [1.165, 1.54) is 4.31 Å². The Labute approximate surface area is 162 Å². The fourth-order valence-electron chi connectivity index (χ4n) is 3.05. The van der Waals surface area contributed by atoms with Gasteiger partial charge in [-0.3, -0.25) is 4.79 Å². The van der Waals surface area contributed by atoms with E-state index in [2.05, 4.69) is 21.2 Å². The zero-order valence-corrected chi connectivity index (χ0v) is 16.9. The van der Waals surface area contributed by atoms with Crippen LogP contribution < -0.4 is 5.32 Å². The number of hydrogen-bond donors (Lipinski definition) is 1.